The first kappa shape index (κ1) is 51.8. The molecule has 20 heteroatoms. The smallest absolute Gasteiger partial charge is 0.408 e. The Morgan fingerprint density at radius 1 is 0.822 bits per heavy atom. The van der Waals surface area contributed by atoms with E-state index in [-0.39, 0.29) is 69.1 Å². The zero-order chi connectivity index (χ0) is 52.1. The highest BCUT2D eigenvalue weighted by molar-refractivity contribution is 6.00. The number of imide groups is 1. The maximum absolute atomic E-state index is 14.7. The fraction of sp³-hybridized carbons (Fsp3) is 0.491. The molecule has 8 amide bonds. The Labute approximate surface area is 423 Å². The molecule has 3 aromatic carbocycles. The largest absolute Gasteiger partial charge is 0.444 e. The fourth-order valence-corrected chi connectivity index (χ4v) is 10.6. The Balaban J connectivity index is 0.902. The van der Waals surface area contributed by atoms with Crippen molar-refractivity contribution < 1.29 is 43.1 Å². The molecular formula is C53H66N10O10. The summed E-state index contributed by atoms with van der Waals surface area (Å²) < 4.78 is 8.52. The van der Waals surface area contributed by atoms with E-state index in [1.807, 2.05) is 78.9 Å². The Morgan fingerprint density at radius 2 is 1.51 bits per heavy atom. The second-order valence-corrected chi connectivity index (χ2v) is 20.7. The van der Waals surface area contributed by atoms with Gasteiger partial charge in [-0.2, -0.15) is 0 Å². The van der Waals surface area contributed by atoms with Gasteiger partial charge in [0.25, 0.3) is 0 Å². The predicted octanol–water partition coefficient (Wildman–Crippen LogP) is 3.07. The van der Waals surface area contributed by atoms with Gasteiger partial charge in [-0.15, -0.1) is 0 Å². The minimum Gasteiger partial charge on any atom is -0.444 e. The van der Waals surface area contributed by atoms with Crippen LogP contribution < -0.4 is 37.6 Å². The van der Waals surface area contributed by atoms with Crippen molar-refractivity contribution in [2.75, 3.05) is 31.1 Å². The molecule has 0 radical (unpaired) electrons. The molecule has 20 nitrogen and oxygen atoms in total. The Morgan fingerprint density at radius 3 is 2.15 bits per heavy atom. The van der Waals surface area contributed by atoms with Crippen LogP contribution in [0.1, 0.15) is 108 Å². The van der Waals surface area contributed by atoms with E-state index in [4.69, 9.17) is 10.5 Å². The van der Waals surface area contributed by atoms with Crippen molar-refractivity contribution in [2.45, 2.75) is 127 Å². The number of imidazole rings is 1. The van der Waals surface area contributed by atoms with E-state index in [2.05, 4.69) is 26.2 Å². The predicted molar refractivity (Wildman–Crippen MR) is 269 cm³/mol. The lowest BCUT2D eigenvalue weighted by Gasteiger charge is -2.41. The SMILES string of the molecule is Cn1c(=O)n(C2CCC(=O)NC2=O)c2ccc(N3CC(CCCC(=O)N4CC[C@H]5CC[C@@H](C(=O)N[C@@H](CCC(N)=O)C(=O)NC(c6ccccc6)c6ccccc6)N5C(=O)[C@@H](NC(=O)OC(C)(C)C)C4)C3)cc21. The fourth-order valence-electron chi connectivity index (χ4n) is 10.6. The number of ether oxygens (including phenoxy) is 1. The van der Waals surface area contributed by atoms with Crippen LogP contribution in [0.5, 0.6) is 0 Å². The van der Waals surface area contributed by atoms with E-state index in [9.17, 15) is 43.2 Å². The van der Waals surface area contributed by atoms with E-state index in [0.717, 1.165) is 36.3 Å². The van der Waals surface area contributed by atoms with Crippen LogP contribution in [0.3, 0.4) is 0 Å². The van der Waals surface area contributed by atoms with Crippen LogP contribution >= 0.6 is 0 Å². The first-order valence-corrected chi connectivity index (χ1v) is 25.2. The first-order valence-electron chi connectivity index (χ1n) is 25.2. The lowest BCUT2D eigenvalue weighted by molar-refractivity contribution is -0.146. The van der Waals surface area contributed by atoms with E-state index >= 15 is 0 Å². The van der Waals surface area contributed by atoms with Crippen LogP contribution in [-0.2, 0) is 45.3 Å². The van der Waals surface area contributed by atoms with E-state index in [1.165, 1.54) is 14.0 Å². The van der Waals surface area contributed by atoms with Crippen LogP contribution in [-0.4, -0.2) is 122 Å². The number of nitrogens with two attached hydrogens (primary N) is 1. The number of aromatic nitrogens is 2. The molecule has 73 heavy (non-hydrogen) atoms. The molecule has 4 fully saturated rings. The summed E-state index contributed by atoms with van der Waals surface area (Å²) in [7, 11) is 1.66. The van der Waals surface area contributed by atoms with Gasteiger partial charge in [0, 0.05) is 57.7 Å². The van der Waals surface area contributed by atoms with Crippen molar-refractivity contribution >= 4 is 64.2 Å². The molecule has 4 saturated heterocycles. The Bertz CT molecular complexity index is 2760. The molecule has 4 aliphatic heterocycles. The van der Waals surface area contributed by atoms with Gasteiger partial charge >= 0.3 is 11.8 Å². The van der Waals surface area contributed by atoms with Crippen LogP contribution in [0.25, 0.3) is 11.0 Å². The van der Waals surface area contributed by atoms with Crippen molar-refractivity contribution in [3.05, 3.63) is 100 Å². The highest BCUT2D eigenvalue weighted by Gasteiger charge is 2.46. The Hall–Kier alpha value is -7.51. The number of carbonyl (C=O) groups is 8. The average Bonchev–Trinajstić information content (AvgIpc) is 3.87. The molecule has 4 aromatic rings. The summed E-state index contributed by atoms with van der Waals surface area (Å²) in [5.41, 5.74) is 8.12. The molecule has 0 saturated carbocycles. The number of fused-ring (bicyclic) bond motifs is 2. The van der Waals surface area contributed by atoms with Crippen molar-refractivity contribution in [1.29, 1.82) is 0 Å². The standard InChI is InChI=1S/C53H66N10O10/c1-53(2,3)73-51(71)56-38-31-60(45(66)17-11-12-32-29-61(30-32)36-19-21-39-42(28-36)59(4)52(72)63(39)41-23-25-44(65)57-49(41)69)27-26-35-18-22-40(62(35)50(38)70)48(68)55-37(20-24-43(54)64)47(67)58-46(33-13-7-5-8-14-33)34-15-9-6-10-16-34/h5-10,13-16,19,21,28,32,35,37-38,40-41,46H,11-12,17-18,20,22-27,29-31H2,1-4H3,(H2,54,64)(H,55,68)(H,56,71)(H,58,67)(H,57,65,69)/t35-,37+,38+,40+,41?/m1/s1. The minimum absolute atomic E-state index is 0.0868. The summed E-state index contributed by atoms with van der Waals surface area (Å²) in [6, 6.07) is 19.1. The summed E-state index contributed by atoms with van der Waals surface area (Å²) in [6.07, 6.45) is 1.93. The van der Waals surface area contributed by atoms with Crippen LogP contribution in [0.2, 0.25) is 0 Å². The quantitative estimate of drug-likeness (QED) is 0.102. The average molecular weight is 1000 g/mol. The molecule has 5 heterocycles. The van der Waals surface area contributed by atoms with Gasteiger partial charge in [0.15, 0.2) is 0 Å². The summed E-state index contributed by atoms with van der Waals surface area (Å²) >= 11 is 0. The molecule has 4 aliphatic rings. The van der Waals surface area contributed by atoms with Gasteiger partial charge in [0.1, 0.15) is 29.8 Å². The number of hydrogen-bond donors (Lipinski definition) is 5. The second kappa shape index (κ2) is 22.1. The first-order chi connectivity index (χ1) is 34.8. The Kier molecular flexibility index (Phi) is 15.7. The molecule has 0 bridgehead atoms. The number of piperidine rings is 1. The van der Waals surface area contributed by atoms with Crippen molar-refractivity contribution in [3.63, 3.8) is 0 Å². The summed E-state index contributed by atoms with van der Waals surface area (Å²) in [5.74, 6) is -3.04. The number of hydrogen-bond acceptors (Lipinski definition) is 11. The van der Waals surface area contributed by atoms with Crippen molar-refractivity contribution in [2.24, 2.45) is 18.7 Å². The van der Waals surface area contributed by atoms with Crippen LogP contribution in [0.4, 0.5) is 10.5 Å². The van der Waals surface area contributed by atoms with E-state index in [0.29, 0.717) is 36.2 Å². The molecule has 8 rings (SSSR count). The monoisotopic (exact) mass is 1000 g/mol. The van der Waals surface area contributed by atoms with Gasteiger partial charge in [-0.25, -0.2) is 9.59 Å². The van der Waals surface area contributed by atoms with Crippen LogP contribution in [0.15, 0.2) is 83.7 Å². The third-order valence-electron chi connectivity index (χ3n) is 14.3. The topological polar surface area (TPSA) is 257 Å². The second-order valence-electron chi connectivity index (χ2n) is 20.7. The summed E-state index contributed by atoms with van der Waals surface area (Å²) in [5, 5.41) is 10.9. The lowest BCUT2D eigenvalue weighted by atomic mass is 9.93. The molecule has 1 aromatic heterocycles. The van der Waals surface area contributed by atoms with Gasteiger partial charge < -0.3 is 41.1 Å². The van der Waals surface area contributed by atoms with Crippen LogP contribution in [0, 0.1) is 5.92 Å². The van der Waals surface area contributed by atoms with Crippen molar-refractivity contribution in [3.8, 4) is 0 Å². The highest BCUT2D eigenvalue weighted by Crippen LogP contribution is 2.33. The molecule has 0 spiro atoms. The van der Waals surface area contributed by atoms with Gasteiger partial charge in [0.05, 0.1) is 23.6 Å². The highest BCUT2D eigenvalue weighted by atomic mass is 16.6. The molecule has 6 N–H and O–H groups in total. The zero-order valence-electron chi connectivity index (χ0n) is 41.8. The van der Waals surface area contributed by atoms with Gasteiger partial charge in [-0.05, 0) is 101 Å². The number of alkyl carbamates (subject to hydrolysis) is 1. The molecule has 1 unspecified atom stereocenters. The maximum Gasteiger partial charge on any atom is 0.408 e. The normalized spacial score (nSPS) is 20.9. The molecule has 5 atom stereocenters. The number of benzene rings is 3. The van der Waals surface area contributed by atoms with Gasteiger partial charge in [0.2, 0.25) is 41.4 Å². The number of aryl methyl sites for hydroxylation is 1. The molecule has 388 valence electrons. The maximum atomic E-state index is 14.7. The lowest BCUT2D eigenvalue weighted by Crippen LogP contribution is -2.62. The third-order valence-corrected chi connectivity index (χ3v) is 14.3. The number of carbonyl (C=O) groups excluding carboxylic acids is 8. The number of nitrogens with zero attached hydrogens (tertiary/aromatic N) is 5. The third kappa shape index (κ3) is 12.1. The molecule has 0 aliphatic carbocycles. The van der Waals surface area contributed by atoms with E-state index in [1.54, 1.807) is 32.7 Å². The zero-order valence-corrected chi connectivity index (χ0v) is 41.8. The number of nitrogens with one attached hydrogen (secondary N) is 4. The number of primary amides is 1. The molecular weight excluding hydrogens is 937 g/mol. The summed E-state index contributed by atoms with van der Waals surface area (Å²) in [4.78, 5) is 125. The number of amides is 8. The number of anilines is 1. The minimum atomic E-state index is -1.25. The van der Waals surface area contributed by atoms with Gasteiger partial charge in [-0.3, -0.25) is 48.0 Å². The number of rotatable bonds is 16. The van der Waals surface area contributed by atoms with E-state index < -0.39 is 77.5 Å². The van der Waals surface area contributed by atoms with Crippen molar-refractivity contribution in [1.82, 2.24) is 40.2 Å². The summed E-state index contributed by atoms with van der Waals surface area (Å²) in [6.45, 7) is 6.69. The van der Waals surface area contributed by atoms with Gasteiger partial charge in [-0.1, -0.05) is 60.7 Å².